The number of halogens is 1. The molecule has 0 bridgehead atoms. The van der Waals surface area contributed by atoms with Crippen molar-refractivity contribution in [3.63, 3.8) is 0 Å². The van der Waals surface area contributed by atoms with E-state index in [0.717, 1.165) is 33.1 Å². The molecule has 2 rings (SSSR count). The Bertz CT molecular complexity index is 678. The average molecular weight is 332 g/mol. The van der Waals surface area contributed by atoms with Gasteiger partial charge in [0.25, 0.3) is 0 Å². The Kier molecular flexibility index (Phi) is 6.05. The molecule has 0 heterocycles. The highest BCUT2D eigenvalue weighted by Gasteiger charge is 2.07. The molecular formula is C19H22ClNO2. The summed E-state index contributed by atoms with van der Waals surface area (Å²) in [4.78, 5) is 12.0. The number of aryl methyl sites for hydroxylation is 3. The van der Waals surface area contributed by atoms with Gasteiger partial charge in [-0.05, 0) is 62.1 Å². The molecule has 0 radical (unpaired) electrons. The lowest BCUT2D eigenvalue weighted by Crippen LogP contribution is -2.14. The zero-order valence-corrected chi connectivity index (χ0v) is 14.5. The van der Waals surface area contributed by atoms with E-state index in [1.165, 1.54) is 0 Å². The van der Waals surface area contributed by atoms with Crippen LogP contribution < -0.4 is 10.1 Å². The molecule has 2 aromatic carbocycles. The van der Waals surface area contributed by atoms with Crippen LogP contribution in [0, 0.1) is 20.8 Å². The maximum atomic E-state index is 12.0. The van der Waals surface area contributed by atoms with Crippen LogP contribution in [0.25, 0.3) is 0 Å². The summed E-state index contributed by atoms with van der Waals surface area (Å²) in [6.07, 6.45) is 1.10. The third kappa shape index (κ3) is 5.00. The Morgan fingerprint density at radius 2 is 1.78 bits per heavy atom. The lowest BCUT2D eigenvalue weighted by atomic mass is 10.1. The average Bonchev–Trinajstić information content (AvgIpc) is 2.51. The van der Waals surface area contributed by atoms with Crippen molar-refractivity contribution in [3.8, 4) is 5.75 Å². The maximum Gasteiger partial charge on any atom is 0.224 e. The number of carbonyl (C=O) groups is 1. The van der Waals surface area contributed by atoms with Crippen LogP contribution in [0.3, 0.4) is 0 Å². The molecule has 1 amide bonds. The third-order valence-corrected chi connectivity index (χ3v) is 4.12. The van der Waals surface area contributed by atoms with Gasteiger partial charge in [-0.15, -0.1) is 0 Å². The molecule has 122 valence electrons. The number of hydrogen-bond acceptors (Lipinski definition) is 2. The molecule has 0 atom stereocenters. The van der Waals surface area contributed by atoms with Crippen molar-refractivity contribution in [2.24, 2.45) is 0 Å². The second-order valence-electron chi connectivity index (χ2n) is 5.68. The largest absolute Gasteiger partial charge is 0.494 e. The molecule has 0 aliphatic rings. The van der Waals surface area contributed by atoms with Crippen molar-refractivity contribution in [3.05, 3.63) is 58.1 Å². The van der Waals surface area contributed by atoms with Crippen molar-refractivity contribution >= 4 is 23.2 Å². The number of hydrogen-bond donors (Lipinski definition) is 1. The van der Waals surface area contributed by atoms with Crippen molar-refractivity contribution < 1.29 is 9.53 Å². The number of rotatable bonds is 6. The van der Waals surface area contributed by atoms with Gasteiger partial charge in [0, 0.05) is 17.1 Å². The summed E-state index contributed by atoms with van der Waals surface area (Å²) in [5.74, 6) is 0.792. The van der Waals surface area contributed by atoms with Crippen LogP contribution in [0.1, 0.15) is 29.5 Å². The zero-order valence-electron chi connectivity index (χ0n) is 13.8. The number of anilines is 1. The predicted octanol–water partition coefficient (Wildman–Crippen LogP) is 5.06. The number of nitrogens with one attached hydrogen (secondary N) is 1. The Morgan fingerprint density at radius 3 is 2.43 bits per heavy atom. The Balaban J connectivity index is 1.78. The van der Waals surface area contributed by atoms with Crippen molar-refractivity contribution in [1.29, 1.82) is 0 Å². The van der Waals surface area contributed by atoms with Gasteiger partial charge < -0.3 is 10.1 Å². The molecular weight excluding hydrogens is 310 g/mol. The van der Waals surface area contributed by atoms with Gasteiger partial charge in [-0.2, -0.15) is 0 Å². The minimum atomic E-state index is 0.0123. The summed E-state index contributed by atoms with van der Waals surface area (Å²) in [5.41, 5.74) is 4.04. The molecule has 0 aliphatic carbocycles. The zero-order chi connectivity index (χ0) is 16.8. The third-order valence-electron chi connectivity index (χ3n) is 3.69. The minimum absolute atomic E-state index is 0.0123. The van der Waals surface area contributed by atoms with Gasteiger partial charge in [-0.25, -0.2) is 0 Å². The normalized spacial score (nSPS) is 10.4. The molecule has 3 nitrogen and oxygen atoms in total. The van der Waals surface area contributed by atoms with Gasteiger partial charge in [0.05, 0.1) is 6.61 Å². The van der Waals surface area contributed by atoms with E-state index < -0.39 is 0 Å². The van der Waals surface area contributed by atoms with Crippen LogP contribution in [0.2, 0.25) is 5.02 Å². The highest BCUT2D eigenvalue weighted by atomic mass is 35.5. The first-order valence-corrected chi connectivity index (χ1v) is 8.10. The van der Waals surface area contributed by atoms with E-state index in [1.807, 2.05) is 57.2 Å². The quantitative estimate of drug-likeness (QED) is 0.751. The number of benzene rings is 2. The molecule has 2 aromatic rings. The van der Waals surface area contributed by atoms with Crippen LogP contribution in [-0.2, 0) is 4.79 Å². The lowest BCUT2D eigenvalue weighted by molar-refractivity contribution is -0.116. The second-order valence-corrected chi connectivity index (χ2v) is 6.09. The van der Waals surface area contributed by atoms with E-state index in [4.69, 9.17) is 16.3 Å². The monoisotopic (exact) mass is 331 g/mol. The molecule has 23 heavy (non-hydrogen) atoms. The fraction of sp³-hybridized carbons (Fsp3) is 0.316. The van der Waals surface area contributed by atoms with Gasteiger partial charge in [-0.3, -0.25) is 4.79 Å². The van der Waals surface area contributed by atoms with Crippen LogP contribution in [0.4, 0.5) is 5.69 Å². The second kappa shape index (κ2) is 8.02. The molecule has 0 unspecified atom stereocenters. The van der Waals surface area contributed by atoms with Crippen LogP contribution in [0.15, 0.2) is 36.4 Å². The van der Waals surface area contributed by atoms with E-state index in [9.17, 15) is 4.79 Å². The minimum Gasteiger partial charge on any atom is -0.494 e. The van der Waals surface area contributed by atoms with Gasteiger partial charge in [0.2, 0.25) is 5.91 Å². The standard InChI is InChI=1S/C19H22ClNO2/c1-13-6-4-7-14(2)19(13)21-18(22)8-5-11-23-16-9-10-17(20)15(3)12-16/h4,6-7,9-10,12H,5,8,11H2,1-3H3,(H,21,22). The summed E-state index contributed by atoms with van der Waals surface area (Å²) in [6.45, 7) is 6.43. The molecule has 1 N–H and O–H groups in total. The van der Waals surface area contributed by atoms with Crippen LogP contribution in [-0.4, -0.2) is 12.5 Å². The molecule has 0 aromatic heterocycles. The molecule has 0 saturated carbocycles. The Hall–Kier alpha value is -2.00. The van der Waals surface area contributed by atoms with Crippen molar-refractivity contribution in [2.75, 3.05) is 11.9 Å². The van der Waals surface area contributed by atoms with Crippen LogP contribution >= 0.6 is 11.6 Å². The number of amides is 1. The number of ether oxygens (including phenoxy) is 1. The maximum absolute atomic E-state index is 12.0. The summed E-state index contributed by atoms with van der Waals surface area (Å²) in [6, 6.07) is 11.5. The van der Waals surface area contributed by atoms with E-state index in [0.29, 0.717) is 19.4 Å². The lowest BCUT2D eigenvalue weighted by Gasteiger charge is -2.12. The van der Waals surface area contributed by atoms with Gasteiger partial charge in [0.1, 0.15) is 5.75 Å². The topological polar surface area (TPSA) is 38.3 Å². The summed E-state index contributed by atoms with van der Waals surface area (Å²) >= 11 is 5.98. The van der Waals surface area contributed by atoms with Gasteiger partial charge in [-0.1, -0.05) is 29.8 Å². The number of carbonyl (C=O) groups excluding carboxylic acids is 1. The molecule has 0 aliphatic heterocycles. The van der Waals surface area contributed by atoms with Crippen LogP contribution in [0.5, 0.6) is 5.75 Å². The molecule has 0 saturated heterocycles. The fourth-order valence-corrected chi connectivity index (χ4v) is 2.46. The molecule has 4 heteroatoms. The van der Waals surface area contributed by atoms with E-state index in [-0.39, 0.29) is 5.91 Å². The Morgan fingerprint density at radius 1 is 1.09 bits per heavy atom. The molecule has 0 spiro atoms. The first-order valence-electron chi connectivity index (χ1n) is 7.72. The van der Waals surface area contributed by atoms with E-state index in [2.05, 4.69) is 5.32 Å². The SMILES string of the molecule is Cc1cc(OCCCC(=O)Nc2c(C)cccc2C)ccc1Cl. The Labute approximate surface area is 142 Å². The molecule has 0 fully saturated rings. The van der Waals surface area contributed by atoms with Gasteiger partial charge >= 0.3 is 0 Å². The first kappa shape index (κ1) is 17.4. The van der Waals surface area contributed by atoms with E-state index in [1.54, 1.807) is 0 Å². The van der Waals surface area contributed by atoms with E-state index >= 15 is 0 Å². The first-order chi connectivity index (χ1) is 11.0. The highest BCUT2D eigenvalue weighted by molar-refractivity contribution is 6.31. The number of para-hydroxylation sites is 1. The van der Waals surface area contributed by atoms with Crippen molar-refractivity contribution in [2.45, 2.75) is 33.6 Å². The smallest absolute Gasteiger partial charge is 0.224 e. The van der Waals surface area contributed by atoms with Gasteiger partial charge in [0.15, 0.2) is 0 Å². The summed E-state index contributed by atoms with van der Waals surface area (Å²) in [7, 11) is 0. The predicted molar refractivity (Wildman–Crippen MR) is 95.5 cm³/mol. The van der Waals surface area contributed by atoms with Crippen molar-refractivity contribution in [1.82, 2.24) is 0 Å². The summed E-state index contributed by atoms with van der Waals surface area (Å²) < 4.78 is 5.65. The highest BCUT2D eigenvalue weighted by Crippen LogP contribution is 2.22. The fourth-order valence-electron chi connectivity index (χ4n) is 2.34. The summed E-state index contributed by atoms with van der Waals surface area (Å²) in [5, 5.41) is 3.71.